The van der Waals surface area contributed by atoms with Gasteiger partial charge in [-0.3, -0.25) is 9.59 Å². The molecular weight excluding hydrogens is 800 g/mol. The van der Waals surface area contributed by atoms with E-state index in [0.717, 1.165) is 36.2 Å². The van der Waals surface area contributed by atoms with Crippen LogP contribution in [-0.4, -0.2) is 43.0 Å². The lowest BCUT2D eigenvalue weighted by atomic mass is 10.0. The number of nitrogen functional groups attached to an aromatic ring is 2. The minimum Gasteiger partial charge on any atom is -0.443 e. The molecule has 2 aromatic heterocycles. The number of anilines is 4. The van der Waals surface area contributed by atoms with Crippen LogP contribution < -0.4 is 22.1 Å². The van der Waals surface area contributed by atoms with Gasteiger partial charge in [-0.2, -0.15) is 0 Å². The summed E-state index contributed by atoms with van der Waals surface area (Å²) in [5.74, 6) is 0.0892. The van der Waals surface area contributed by atoms with E-state index in [0.29, 0.717) is 34.0 Å². The summed E-state index contributed by atoms with van der Waals surface area (Å²) in [6.07, 6.45) is 14.5. The summed E-state index contributed by atoms with van der Waals surface area (Å²) in [6.45, 7) is 9.77. The monoisotopic (exact) mass is 860 g/mol. The first kappa shape index (κ1) is 48.3. The molecule has 7 N–H and O–H groups in total. The number of nitrogens with two attached hydrogens (primary N) is 2. The van der Waals surface area contributed by atoms with Crippen molar-refractivity contribution in [3.8, 4) is 22.5 Å². The molecule has 328 valence electrons. The number of carbonyl (C=O) groups is 3. The van der Waals surface area contributed by atoms with E-state index < -0.39 is 11.7 Å². The van der Waals surface area contributed by atoms with E-state index >= 15 is 0 Å². The number of aromatic nitrogens is 4. The highest BCUT2D eigenvalue weighted by Gasteiger charge is 2.23. The number of rotatable bonds is 16. The Hall–Kier alpha value is -6.40. The third-order valence-electron chi connectivity index (χ3n) is 9.88. The molecule has 12 nitrogen and oxygen atoms in total. The first-order chi connectivity index (χ1) is 29.3. The molecule has 0 fully saturated rings. The molecule has 0 bridgehead atoms. The average Bonchev–Trinajstić information content (AvgIpc) is 3.86. The number of halogens is 1. The Morgan fingerprint density at radius 3 is 1.63 bits per heavy atom. The number of hydrogen-bond donors (Lipinski definition) is 5. The fourth-order valence-corrected chi connectivity index (χ4v) is 6.64. The molecule has 0 unspecified atom stereocenters. The van der Waals surface area contributed by atoms with Crippen LogP contribution >= 0.6 is 12.4 Å². The van der Waals surface area contributed by atoms with Crippen LogP contribution in [0, 0.1) is 0 Å². The SMILES string of the molecule is CCCCCCc1ccc(C(=O)Nc2cccc(-c3cnc(N)[nH]3)c2)cc1.CCCCCCc1ccc(C(=O)Nc2cccc(-c3cnc(N)n3C(=O)OC(C)(C)C)c2)cc1.Cl. The number of nitrogens with one attached hydrogen (secondary N) is 3. The number of carbonyl (C=O) groups excluding carboxylic acids is 3. The largest absolute Gasteiger partial charge is 0.443 e. The Kier molecular flexibility index (Phi) is 18.3. The van der Waals surface area contributed by atoms with Gasteiger partial charge in [0.1, 0.15) is 5.60 Å². The summed E-state index contributed by atoms with van der Waals surface area (Å²) < 4.78 is 6.69. The van der Waals surface area contributed by atoms with E-state index in [-0.39, 0.29) is 30.2 Å². The fourth-order valence-electron chi connectivity index (χ4n) is 6.64. The summed E-state index contributed by atoms with van der Waals surface area (Å²) in [5.41, 5.74) is 18.9. The maximum Gasteiger partial charge on any atom is 0.421 e. The smallest absolute Gasteiger partial charge is 0.421 e. The van der Waals surface area contributed by atoms with Gasteiger partial charge >= 0.3 is 6.09 Å². The predicted molar refractivity (Wildman–Crippen MR) is 254 cm³/mol. The third kappa shape index (κ3) is 14.7. The molecule has 2 amide bonds. The van der Waals surface area contributed by atoms with Crippen molar-refractivity contribution in [2.45, 2.75) is 104 Å². The van der Waals surface area contributed by atoms with Crippen LogP contribution in [0.1, 0.15) is 118 Å². The topological polar surface area (TPSA) is 183 Å². The second-order valence-corrected chi connectivity index (χ2v) is 16.1. The summed E-state index contributed by atoms with van der Waals surface area (Å²) in [6, 6.07) is 30.4. The molecule has 0 saturated carbocycles. The Labute approximate surface area is 371 Å². The summed E-state index contributed by atoms with van der Waals surface area (Å²) in [5, 5.41) is 5.88. The van der Waals surface area contributed by atoms with Crippen molar-refractivity contribution in [3.63, 3.8) is 0 Å². The lowest BCUT2D eigenvalue weighted by Crippen LogP contribution is -2.28. The number of imidazole rings is 2. The van der Waals surface area contributed by atoms with Gasteiger partial charge in [-0.1, -0.05) is 101 Å². The summed E-state index contributed by atoms with van der Waals surface area (Å²) in [4.78, 5) is 49.0. The highest BCUT2D eigenvalue weighted by atomic mass is 35.5. The lowest BCUT2D eigenvalue weighted by Gasteiger charge is -2.20. The van der Waals surface area contributed by atoms with Gasteiger partial charge in [0.05, 0.1) is 23.8 Å². The van der Waals surface area contributed by atoms with Crippen LogP contribution in [0.3, 0.4) is 0 Å². The molecule has 62 heavy (non-hydrogen) atoms. The Balaban J connectivity index is 0.000000275. The quantitative estimate of drug-likeness (QED) is 0.0596. The van der Waals surface area contributed by atoms with Gasteiger partial charge in [0, 0.05) is 33.6 Å². The number of amides is 2. The van der Waals surface area contributed by atoms with E-state index in [2.05, 4.69) is 39.4 Å². The average molecular weight is 862 g/mol. The first-order valence-corrected chi connectivity index (χ1v) is 21.2. The van der Waals surface area contributed by atoms with E-state index in [9.17, 15) is 14.4 Å². The summed E-state index contributed by atoms with van der Waals surface area (Å²) in [7, 11) is 0. The van der Waals surface area contributed by atoms with Gasteiger partial charge in [0.25, 0.3) is 11.8 Å². The summed E-state index contributed by atoms with van der Waals surface area (Å²) >= 11 is 0. The number of hydrogen-bond acceptors (Lipinski definition) is 8. The molecule has 0 spiro atoms. The number of benzene rings is 4. The third-order valence-corrected chi connectivity index (χ3v) is 9.88. The predicted octanol–water partition coefficient (Wildman–Crippen LogP) is 11.7. The highest BCUT2D eigenvalue weighted by Crippen LogP contribution is 2.27. The van der Waals surface area contributed by atoms with Gasteiger partial charge in [-0.15, -0.1) is 12.4 Å². The molecular formula is C49H61ClN8O4. The number of unbranched alkanes of at least 4 members (excludes halogenated alkanes) is 6. The van der Waals surface area contributed by atoms with Crippen molar-refractivity contribution in [1.29, 1.82) is 0 Å². The number of nitrogens with zero attached hydrogens (tertiary/aromatic N) is 3. The lowest BCUT2D eigenvalue weighted by molar-refractivity contribution is 0.0543. The van der Waals surface area contributed by atoms with Crippen LogP contribution in [0.4, 0.5) is 28.1 Å². The van der Waals surface area contributed by atoms with Crippen molar-refractivity contribution < 1.29 is 19.1 Å². The molecule has 0 aliphatic rings. The van der Waals surface area contributed by atoms with Crippen molar-refractivity contribution in [1.82, 2.24) is 19.5 Å². The van der Waals surface area contributed by atoms with Crippen molar-refractivity contribution in [3.05, 3.63) is 132 Å². The minimum atomic E-state index is -0.675. The molecule has 0 atom stereocenters. The minimum absolute atomic E-state index is 0. The molecule has 6 rings (SSSR count). The van der Waals surface area contributed by atoms with Gasteiger partial charge in [-0.25, -0.2) is 19.3 Å². The molecule has 0 radical (unpaired) electrons. The second-order valence-electron chi connectivity index (χ2n) is 16.1. The van der Waals surface area contributed by atoms with Crippen molar-refractivity contribution in [2.24, 2.45) is 0 Å². The molecule has 4 aromatic carbocycles. The standard InChI is InChI=1S/C27H34N4O3.C22H26N4O.ClH/c1-5-6-7-8-10-19-13-15-20(16-14-19)24(32)30-22-12-9-11-21(17-22)23-18-29-25(28)31(23)26(33)34-27(2,3)4;1-2-3-4-5-7-16-10-12-17(13-11-16)21(27)25-19-9-6-8-18(14-19)20-15-24-22(23)26-20;/h9,11-18H,5-8,10H2,1-4H3,(H2,28,29)(H,30,32);6,8-15H,2-5,7H2,1H3,(H,25,27)(H3,23,24,26);1H. The van der Waals surface area contributed by atoms with Crippen LogP contribution in [0.5, 0.6) is 0 Å². The van der Waals surface area contributed by atoms with E-state index in [1.807, 2.05) is 78.9 Å². The zero-order valence-electron chi connectivity index (χ0n) is 36.5. The molecule has 0 aliphatic heterocycles. The van der Waals surface area contributed by atoms with Crippen LogP contribution in [0.2, 0.25) is 0 Å². The molecule has 13 heteroatoms. The highest BCUT2D eigenvalue weighted by molar-refractivity contribution is 6.05. The van der Waals surface area contributed by atoms with Crippen LogP contribution in [-0.2, 0) is 17.6 Å². The van der Waals surface area contributed by atoms with Crippen molar-refractivity contribution >= 4 is 53.6 Å². The van der Waals surface area contributed by atoms with Crippen LogP contribution in [0.15, 0.2) is 109 Å². The Bertz CT molecular complexity index is 2350. The fraction of sp³-hybridized carbons (Fsp3) is 0.327. The maximum absolute atomic E-state index is 12.8. The van der Waals surface area contributed by atoms with E-state index in [1.54, 1.807) is 45.2 Å². The maximum atomic E-state index is 12.8. The second kappa shape index (κ2) is 23.6. The first-order valence-electron chi connectivity index (χ1n) is 21.2. The van der Waals surface area contributed by atoms with Crippen molar-refractivity contribution in [2.75, 3.05) is 22.1 Å². The number of H-pyrrole nitrogens is 1. The number of aromatic amines is 1. The normalized spacial score (nSPS) is 10.9. The molecule has 0 saturated heterocycles. The van der Waals surface area contributed by atoms with Gasteiger partial charge < -0.3 is 31.8 Å². The van der Waals surface area contributed by atoms with Gasteiger partial charge in [-0.05, 0) is 106 Å². The van der Waals surface area contributed by atoms with Crippen LogP contribution in [0.25, 0.3) is 22.5 Å². The Morgan fingerprint density at radius 2 is 1.16 bits per heavy atom. The molecule has 6 aromatic rings. The molecule has 2 heterocycles. The van der Waals surface area contributed by atoms with Gasteiger partial charge in [0.15, 0.2) is 5.95 Å². The Morgan fingerprint density at radius 1 is 0.661 bits per heavy atom. The van der Waals surface area contributed by atoms with E-state index in [1.165, 1.54) is 66.8 Å². The zero-order valence-corrected chi connectivity index (χ0v) is 37.3. The number of ether oxygens (including phenoxy) is 1. The van der Waals surface area contributed by atoms with Gasteiger partial charge in [0.2, 0.25) is 5.95 Å². The zero-order chi connectivity index (χ0) is 43.8. The number of aryl methyl sites for hydroxylation is 2. The van der Waals surface area contributed by atoms with E-state index in [4.69, 9.17) is 16.2 Å². The molecule has 0 aliphatic carbocycles.